The highest BCUT2D eigenvalue weighted by Crippen LogP contribution is 2.29. The van der Waals surface area contributed by atoms with Crippen molar-refractivity contribution < 1.29 is 14.2 Å². The minimum Gasteiger partial charge on any atom is -0.490 e. The number of aromatic nitrogens is 3. The van der Waals surface area contributed by atoms with E-state index in [4.69, 9.17) is 14.2 Å². The van der Waals surface area contributed by atoms with E-state index >= 15 is 0 Å². The number of hydrogen-bond acceptors (Lipinski definition) is 7. The van der Waals surface area contributed by atoms with Gasteiger partial charge in [-0.1, -0.05) is 0 Å². The largest absolute Gasteiger partial charge is 0.490 e. The van der Waals surface area contributed by atoms with Crippen LogP contribution < -0.4 is 10.1 Å². The van der Waals surface area contributed by atoms with Crippen molar-refractivity contribution in [3.8, 4) is 5.75 Å². The smallest absolute Gasteiger partial charge is 0.148 e. The number of fused-ring (bicyclic) bond motifs is 1. The van der Waals surface area contributed by atoms with Gasteiger partial charge in [-0.05, 0) is 36.6 Å². The van der Waals surface area contributed by atoms with Crippen molar-refractivity contribution >= 4 is 22.3 Å². The first-order valence-electron chi connectivity index (χ1n) is 8.38. The Labute approximate surface area is 151 Å². The summed E-state index contributed by atoms with van der Waals surface area (Å²) in [6, 6.07) is 7.88. The maximum atomic E-state index is 5.92. The Hall–Kier alpha value is -2.77. The number of nitrogens with one attached hydrogen (secondary N) is 1. The molecule has 1 saturated heterocycles. The molecule has 0 unspecified atom stereocenters. The third-order valence-corrected chi connectivity index (χ3v) is 4.44. The van der Waals surface area contributed by atoms with Gasteiger partial charge in [-0.2, -0.15) is 0 Å². The summed E-state index contributed by atoms with van der Waals surface area (Å²) in [5.74, 6) is 2.27. The molecule has 0 radical (unpaired) electrons. The molecule has 7 heteroatoms. The molecular weight excluding hydrogens is 332 g/mol. The van der Waals surface area contributed by atoms with Crippen LogP contribution in [0.2, 0.25) is 0 Å². The lowest BCUT2D eigenvalue weighted by molar-refractivity contribution is -0.208. The van der Waals surface area contributed by atoms with E-state index in [1.807, 2.05) is 31.2 Å². The summed E-state index contributed by atoms with van der Waals surface area (Å²) in [7, 11) is 1.69. The quantitative estimate of drug-likeness (QED) is 0.731. The number of rotatable bonds is 6. The zero-order chi connectivity index (χ0) is 18.0. The number of nitrogens with zero attached hydrogens (tertiary/aromatic N) is 3. The maximum absolute atomic E-state index is 5.92. The van der Waals surface area contributed by atoms with E-state index in [9.17, 15) is 0 Å². The van der Waals surface area contributed by atoms with Crippen LogP contribution in [0.5, 0.6) is 5.75 Å². The van der Waals surface area contributed by atoms with E-state index in [0.717, 1.165) is 33.9 Å². The molecule has 0 atom stereocenters. The fraction of sp³-hybridized carbons (Fsp3) is 0.316. The van der Waals surface area contributed by atoms with Gasteiger partial charge in [-0.25, -0.2) is 15.0 Å². The molecule has 26 heavy (non-hydrogen) atoms. The van der Waals surface area contributed by atoms with Gasteiger partial charge in [-0.3, -0.25) is 0 Å². The molecule has 1 N–H and O–H groups in total. The van der Waals surface area contributed by atoms with Crippen molar-refractivity contribution in [3.05, 3.63) is 48.7 Å². The van der Waals surface area contributed by atoms with Crippen LogP contribution in [0.3, 0.4) is 0 Å². The lowest BCUT2D eigenvalue weighted by Gasteiger charge is -2.39. The number of hydrogen-bond donors (Lipinski definition) is 1. The number of methoxy groups -OCH3 is 1. The molecule has 1 aromatic carbocycles. The minimum atomic E-state index is -0.328. The molecular formula is C19H20N4O3. The summed E-state index contributed by atoms with van der Waals surface area (Å²) >= 11 is 0. The minimum absolute atomic E-state index is 0.328. The summed E-state index contributed by atoms with van der Waals surface area (Å²) in [6.07, 6.45) is 5.25. The van der Waals surface area contributed by atoms with Crippen molar-refractivity contribution in [2.75, 3.05) is 32.2 Å². The Morgan fingerprint density at radius 1 is 1.15 bits per heavy atom. The first-order chi connectivity index (χ1) is 12.7. The summed E-state index contributed by atoms with van der Waals surface area (Å²) in [6.45, 7) is 3.44. The lowest BCUT2D eigenvalue weighted by Crippen LogP contribution is -2.55. The van der Waals surface area contributed by atoms with E-state index in [-0.39, 0.29) is 5.60 Å². The molecule has 134 valence electrons. The first kappa shape index (κ1) is 16.7. The van der Waals surface area contributed by atoms with Crippen molar-refractivity contribution in [1.29, 1.82) is 0 Å². The maximum Gasteiger partial charge on any atom is 0.148 e. The second kappa shape index (κ2) is 6.86. The van der Waals surface area contributed by atoms with Gasteiger partial charge in [0.05, 0.1) is 31.3 Å². The molecule has 0 bridgehead atoms. The van der Waals surface area contributed by atoms with Gasteiger partial charge in [0.15, 0.2) is 0 Å². The fourth-order valence-corrected chi connectivity index (χ4v) is 2.74. The third-order valence-electron chi connectivity index (χ3n) is 4.44. The number of pyridine rings is 1. The van der Waals surface area contributed by atoms with Gasteiger partial charge in [0.2, 0.25) is 0 Å². The SMILES string of the molecule is COC1(COc2ccc3c(Nc4cnc(C)nc4)nccc3c2)COC1. The number of benzene rings is 1. The molecule has 0 amide bonds. The number of anilines is 2. The second-order valence-electron chi connectivity index (χ2n) is 6.36. The van der Waals surface area contributed by atoms with Crippen molar-refractivity contribution in [3.63, 3.8) is 0 Å². The molecule has 0 spiro atoms. The summed E-state index contributed by atoms with van der Waals surface area (Å²) < 4.78 is 16.6. The molecule has 2 aromatic heterocycles. The normalized spacial score (nSPS) is 15.5. The predicted octanol–water partition coefficient (Wildman–Crippen LogP) is 2.87. The Balaban J connectivity index is 1.54. The van der Waals surface area contributed by atoms with E-state index in [2.05, 4.69) is 20.3 Å². The van der Waals surface area contributed by atoms with Crippen LogP contribution in [0.1, 0.15) is 5.82 Å². The highest BCUT2D eigenvalue weighted by atomic mass is 16.6. The monoisotopic (exact) mass is 352 g/mol. The van der Waals surface area contributed by atoms with E-state index in [1.165, 1.54) is 0 Å². The Bertz CT molecular complexity index is 905. The van der Waals surface area contributed by atoms with Crippen molar-refractivity contribution in [2.45, 2.75) is 12.5 Å². The Morgan fingerprint density at radius 2 is 1.96 bits per heavy atom. The lowest BCUT2D eigenvalue weighted by atomic mass is 10.0. The van der Waals surface area contributed by atoms with E-state index in [1.54, 1.807) is 25.7 Å². The van der Waals surface area contributed by atoms with Crippen LogP contribution >= 0.6 is 0 Å². The molecule has 3 aromatic rings. The molecule has 1 fully saturated rings. The van der Waals surface area contributed by atoms with Gasteiger partial charge >= 0.3 is 0 Å². The summed E-state index contributed by atoms with van der Waals surface area (Å²) in [5.41, 5.74) is 0.466. The average Bonchev–Trinajstić information content (AvgIpc) is 2.63. The number of ether oxygens (including phenoxy) is 3. The van der Waals surface area contributed by atoms with Gasteiger partial charge < -0.3 is 19.5 Å². The molecule has 1 aliphatic heterocycles. The molecule has 1 aliphatic rings. The fourth-order valence-electron chi connectivity index (χ4n) is 2.74. The average molecular weight is 352 g/mol. The molecule has 7 nitrogen and oxygen atoms in total. The predicted molar refractivity (Wildman–Crippen MR) is 97.8 cm³/mol. The van der Waals surface area contributed by atoms with Crippen molar-refractivity contribution in [2.24, 2.45) is 0 Å². The standard InChI is InChI=1S/C19H20N4O3/c1-13-21-8-15(9-22-13)23-18-17-4-3-16(7-14(17)5-6-20-18)26-12-19(24-2)10-25-11-19/h3-9H,10-12H2,1-2H3,(H,20,23). The number of aryl methyl sites for hydroxylation is 1. The van der Waals surface area contributed by atoms with Crippen LogP contribution in [-0.2, 0) is 9.47 Å². The zero-order valence-corrected chi connectivity index (χ0v) is 14.7. The van der Waals surface area contributed by atoms with E-state index in [0.29, 0.717) is 19.8 Å². The summed E-state index contributed by atoms with van der Waals surface area (Å²) in [5, 5.41) is 5.29. The van der Waals surface area contributed by atoms with Crippen molar-refractivity contribution in [1.82, 2.24) is 15.0 Å². The van der Waals surface area contributed by atoms with Crippen LogP contribution in [-0.4, -0.2) is 47.5 Å². The molecule has 3 heterocycles. The molecule has 0 aliphatic carbocycles. The van der Waals surface area contributed by atoms with Crippen LogP contribution in [0.15, 0.2) is 42.9 Å². The van der Waals surface area contributed by atoms with Crippen LogP contribution in [0.4, 0.5) is 11.5 Å². The zero-order valence-electron chi connectivity index (χ0n) is 14.7. The summed E-state index contributed by atoms with van der Waals surface area (Å²) in [4.78, 5) is 12.8. The Kier molecular flexibility index (Phi) is 4.40. The molecule has 4 rings (SSSR count). The van der Waals surface area contributed by atoms with Gasteiger partial charge in [0.1, 0.15) is 29.6 Å². The Morgan fingerprint density at radius 3 is 2.65 bits per heavy atom. The van der Waals surface area contributed by atoms with Gasteiger partial charge in [0.25, 0.3) is 0 Å². The molecule has 0 saturated carbocycles. The van der Waals surface area contributed by atoms with Crippen LogP contribution in [0.25, 0.3) is 10.8 Å². The van der Waals surface area contributed by atoms with Gasteiger partial charge in [0, 0.05) is 18.7 Å². The first-order valence-corrected chi connectivity index (χ1v) is 8.38. The van der Waals surface area contributed by atoms with Gasteiger partial charge in [-0.15, -0.1) is 0 Å². The highest BCUT2D eigenvalue weighted by Gasteiger charge is 2.39. The highest BCUT2D eigenvalue weighted by molar-refractivity contribution is 5.93. The van der Waals surface area contributed by atoms with Crippen LogP contribution in [0, 0.1) is 6.92 Å². The van der Waals surface area contributed by atoms with E-state index < -0.39 is 0 Å². The topological polar surface area (TPSA) is 78.4 Å². The second-order valence-corrected chi connectivity index (χ2v) is 6.36. The third kappa shape index (κ3) is 3.31.